The fraction of sp³-hybridized carbons (Fsp3) is 0.0909. The minimum atomic E-state index is -0.320. The first-order chi connectivity index (χ1) is 39.2. The van der Waals surface area contributed by atoms with Gasteiger partial charge >= 0.3 is 0 Å². The first-order valence-corrected chi connectivity index (χ1v) is 27.8. The molecule has 0 atom stereocenters. The SMILES string of the molecule is [Ir].[c-]1ccc(-c2ccc3c(c2)C2(c4ccccc4-c4ccccc42)c2ccccc2-3)cc1-c1ccccn1.[c-]1ccc(-c2cccc(-c3cccc(-c4cccc(CCCCCCc5ccccc5)c4)c3)c2)cc1-c1ccccn1. The molecule has 0 saturated heterocycles. The average Bonchev–Trinajstić information content (AvgIpc) is 2.41. The molecule has 0 amide bonds. The normalized spacial score (nSPS) is 12.1. The quantitative estimate of drug-likeness (QED) is 0.0849. The molecule has 0 bridgehead atoms. The summed E-state index contributed by atoms with van der Waals surface area (Å²) in [4.78, 5) is 9.05. The number of fused-ring (bicyclic) bond motifs is 10. The van der Waals surface area contributed by atoms with Crippen molar-refractivity contribution in [3.8, 4) is 89.3 Å². The zero-order chi connectivity index (χ0) is 52.8. The Kier molecular flexibility index (Phi) is 15.3. The van der Waals surface area contributed by atoms with E-state index in [9.17, 15) is 0 Å². The van der Waals surface area contributed by atoms with Crippen molar-refractivity contribution < 1.29 is 20.1 Å². The summed E-state index contributed by atoms with van der Waals surface area (Å²) in [6.45, 7) is 0. The Morgan fingerprint density at radius 1 is 0.287 bits per heavy atom. The van der Waals surface area contributed by atoms with E-state index in [0.717, 1.165) is 28.9 Å². The summed E-state index contributed by atoms with van der Waals surface area (Å²) in [7, 11) is 0. The van der Waals surface area contributed by atoms with Gasteiger partial charge in [-0.05, 0) is 150 Å². The second-order valence-corrected chi connectivity index (χ2v) is 20.8. The van der Waals surface area contributed by atoms with E-state index < -0.39 is 0 Å². The molecule has 0 unspecified atom stereocenters. The molecule has 1 spiro atoms. The van der Waals surface area contributed by atoms with E-state index in [1.165, 1.54) is 132 Å². The van der Waals surface area contributed by atoms with E-state index in [2.05, 4.69) is 240 Å². The van der Waals surface area contributed by atoms with Gasteiger partial charge in [0.05, 0.1) is 5.41 Å². The Balaban J connectivity index is 0.000000158. The number of rotatable bonds is 13. The average molecular weight is 1200 g/mol. The third-order valence-electron chi connectivity index (χ3n) is 16.0. The maximum atomic E-state index is 4.55. The molecule has 2 aromatic heterocycles. The van der Waals surface area contributed by atoms with Crippen LogP contribution in [-0.2, 0) is 38.4 Å². The van der Waals surface area contributed by atoms with E-state index >= 15 is 0 Å². The summed E-state index contributed by atoms with van der Waals surface area (Å²) < 4.78 is 0. The number of hydrogen-bond donors (Lipinski definition) is 0. The van der Waals surface area contributed by atoms with Crippen LogP contribution in [0.4, 0.5) is 0 Å². The molecular formula is C77H58IrN2-2. The first-order valence-electron chi connectivity index (χ1n) is 27.8. The molecule has 80 heavy (non-hydrogen) atoms. The van der Waals surface area contributed by atoms with Crippen molar-refractivity contribution in [2.75, 3.05) is 0 Å². The van der Waals surface area contributed by atoms with Gasteiger partial charge in [0.1, 0.15) is 0 Å². The van der Waals surface area contributed by atoms with Crippen LogP contribution in [0.1, 0.15) is 59.1 Å². The van der Waals surface area contributed by atoms with E-state index in [4.69, 9.17) is 0 Å². The second-order valence-electron chi connectivity index (χ2n) is 20.8. The van der Waals surface area contributed by atoms with Crippen molar-refractivity contribution in [2.24, 2.45) is 0 Å². The zero-order valence-electron chi connectivity index (χ0n) is 44.5. The number of hydrogen-bond acceptors (Lipinski definition) is 2. The van der Waals surface area contributed by atoms with Crippen LogP contribution < -0.4 is 0 Å². The van der Waals surface area contributed by atoms with Gasteiger partial charge in [0, 0.05) is 32.5 Å². The van der Waals surface area contributed by atoms with Crippen LogP contribution in [0.3, 0.4) is 0 Å². The maximum absolute atomic E-state index is 4.55. The molecule has 2 heterocycles. The molecule has 0 fully saturated rings. The summed E-state index contributed by atoms with van der Waals surface area (Å²) in [5.74, 6) is 0. The van der Waals surface area contributed by atoms with E-state index in [1.807, 2.05) is 60.9 Å². The molecular weight excluding hydrogens is 1150 g/mol. The van der Waals surface area contributed by atoms with Gasteiger partial charge in [0.2, 0.25) is 0 Å². The van der Waals surface area contributed by atoms with Crippen molar-refractivity contribution in [1.29, 1.82) is 0 Å². The molecule has 3 heteroatoms. The van der Waals surface area contributed by atoms with E-state index in [-0.39, 0.29) is 25.5 Å². The van der Waals surface area contributed by atoms with Crippen LogP contribution in [-0.4, -0.2) is 9.97 Å². The van der Waals surface area contributed by atoms with Crippen molar-refractivity contribution >= 4 is 0 Å². The van der Waals surface area contributed by atoms with Gasteiger partial charge in [-0.3, -0.25) is 0 Å². The number of aryl methyl sites for hydroxylation is 2. The summed E-state index contributed by atoms with van der Waals surface area (Å²) >= 11 is 0. The summed E-state index contributed by atoms with van der Waals surface area (Å²) in [5.41, 5.74) is 26.9. The molecule has 0 aliphatic heterocycles. The molecule has 14 rings (SSSR count). The number of aromatic nitrogens is 2. The van der Waals surface area contributed by atoms with Gasteiger partial charge in [-0.2, -0.15) is 0 Å². The number of nitrogens with zero attached hydrogens (tertiary/aromatic N) is 2. The Morgan fingerprint density at radius 3 is 1.19 bits per heavy atom. The van der Waals surface area contributed by atoms with Crippen LogP contribution in [0.15, 0.2) is 279 Å². The van der Waals surface area contributed by atoms with Crippen molar-refractivity contribution in [3.05, 3.63) is 325 Å². The van der Waals surface area contributed by atoms with Crippen LogP contribution in [0.2, 0.25) is 0 Å². The number of pyridine rings is 2. The molecule has 2 aliphatic rings. The number of unbranched alkanes of at least 4 members (excludes halogenated alkanes) is 3. The first kappa shape index (κ1) is 51.9. The molecule has 10 aromatic carbocycles. The van der Waals surface area contributed by atoms with Gasteiger partial charge in [0.25, 0.3) is 0 Å². The van der Waals surface area contributed by atoms with Crippen LogP contribution >= 0.6 is 0 Å². The molecule has 12 aromatic rings. The molecule has 0 N–H and O–H groups in total. The van der Waals surface area contributed by atoms with Crippen molar-refractivity contribution in [2.45, 2.75) is 43.9 Å². The smallest absolute Gasteiger partial charge is 0.0725 e. The van der Waals surface area contributed by atoms with Crippen molar-refractivity contribution in [3.63, 3.8) is 0 Å². The van der Waals surface area contributed by atoms with Crippen molar-refractivity contribution in [1.82, 2.24) is 9.97 Å². The topological polar surface area (TPSA) is 25.8 Å². The zero-order valence-corrected chi connectivity index (χ0v) is 46.9. The van der Waals surface area contributed by atoms with E-state index in [1.54, 1.807) is 0 Å². The third-order valence-corrected chi connectivity index (χ3v) is 16.0. The van der Waals surface area contributed by atoms with E-state index in [0.29, 0.717) is 0 Å². The Hall–Kier alpha value is -8.85. The summed E-state index contributed by atoms with van der Waals surface area (Å²) in [6, 6.07) is 103. The molecule has 2 nitrogen and oxygen atoms in total. The molecule has 387 valence electrons. The minimum Gasteiger partial charge on any atom is -0.305 e. The molecule has 2 aliphatic carbocycles. The Morgan fingerprint density at radius 2 is 0.688 bits per heavy atom. The standard InChI is InChI=1S/C41H36N.C36H22N.Ir/c1(4-14-32-15-6-3-7-16-32)2-5-17-33-18-10-19-34(28-33)35-20-11-21-36(29-35)37-22-12-23-38(30-37)39-24-13-25-40(31-39)41-26-8-9-27-42-41;1-4-15-31-27(12-1)28-13-2-5-16-32(28)36(31)33-17-6-3-14-29(33)30-20-19-25(23-34(30)36)24-10-9-11-26(22-24)35-18-7-8-21-37-35;/h3,6-13,15-16,18-24,26-31H,1-2,4-5,14,17H2;1-10,12-23H;/q2*-1;. The number of benzene rings is 10. The Labute approximate surface area is 485 Å². The van der Waals surface area contributed by atoms with Crippen LogP contribution in [0.5, 0.6) is 0 Å². The minimum absolute atomic E-state index is 0. The fourth-order valence-corrected chi connectivity index (χ4v) is 12.2. The predicted molar refractivity (Wildman–Crippen MR) is 327 cm³/mol. The second kappa shape index (κ2) is 23.6. The van der Waals surface area contributed by atoms with Gasteiger partial charge in [-0.25, -0.2) is 0 Å². The van der Waals surface area contributed by atoms with Gasteiger partial charge in [-0.15, -0.1) is 70.8 Å². The van der Waals surface area contributed by atoms with Gasteiger partial charge < -0.3 is 9.97 Å². The fourth-order valence-electron chi connectivity index (χ4n) is 12.2. The van der Waals surface area contributed by atoms with Crippen LogP contribution in [0, 0.1) is 12.1 Å². The third kappa shape index (κ3) is 10.4. The van der Waals surface area contributed by atoms with Crippen LogP contribution in [0.25, 0.3) is 89.3 Å². The summed E-state index contributed by atoms with van der Waals surface area (Å²) in [5, 5.41) is 0. The monoisotopic (exact) mass is 1200 g/mol. The summed E-state index contributed by atoms with van der Waals surface area (Å²) in [6.07, 6.45) is 11.1. The van der Waals surface area contributed by atoms with Gasteiger partial charge in [-0.1, -0.05) is 219 Å². The Bertz CT molecular complexity index is 4030. The van der Waals surface area contributed by atoms with Gasteiger partial charge in [0.15, 0.2) is 0 Å². The molecule has 0 saturated carbocycles. The maximum Gasteiger partial charge on any atom is 0.0725 e. The predicted octanol–water partition coefficient (Wildman–Crippen LogP) is 19.5. The molecule has 1 radical (unpaired) electrons. The largest absolute Gasteiger partial charge is 0.305 e.